The predicted octanol–water partition coefficient (Wildman–Crippen LogP) is 4.39. The van der Waals surface area contributed by atoms with Gasteiger partial charge in [0.05, 0.1) is 6.07 Å². The molecule has 0 aromatic rings. The second kappa shape index (κ2) is 4.01. The molecule has 4 aliphatic rings. The van der Waals surface area contributed by atoms with E-state index in [0.717, 1.165) is 42.4 Å². The lowest BCUT2D eigenvalue weighted by Crippen LogP contribution is -2.50. The van der Waals surface area contributed by atoms with Crippen LogP contribution in [0.4, 0.5) is 0 Å². The third-order valence-corrected chi connectivity index (χ3v) is 6.01. The van der Waals surface area contributed by atoms with Gasteiger partial charge in [0.15, 0.2) is 0 Å². The van der Waals surface area contributed by atoms with Crippen LogP contribution in [0.15, 0.2) is 0 Å². The molecule has 0 atom stereocenters. The minimum atomic E-state index is 0.401. The van der Waals surface area contributed by atoms with Crippen molar-refractivity contribution in [2.75, 3.05) is 0 Å². The van der Waals surface area contributed by atoms with Crippen LogP contribution < -0.4 is 0 Å². The lowest BCUT2D eigenvalue weighted by Gasteiger charge is -2.59. The maximum atomic E-state index is 8.83. The summed E-state index contributed by atoms with van der Waals surface area (Å²) in [6.07, 6.45) is 9.42. The molecular weight excluding hydrogens is 206 g/mol. The number of rotatable bonds is 3. The number of hydrogen-bond donors (Lipinski definition) is 0. The molecule has 0 unspecified atom stereocenters. The van der Waals surface area contributed by atoms with Crippen molar-refractivity contribution in [3.05, 3.63) is 0 Å². The van der Waals surface area contributed by atoms with Crippen molar-refractivity contribution in [3.8, 4) is 6.07 Å². The third-order valence-electron chi connectivity index (χ3n) is 6.01. The molecule has 0 aromatic carbocycles. The fourth-order valence-electron chi connectivity index (χ4n) is 5.75. The molecule has 0 amide bonds. The molecule has 94 valence electrons. The van der Waals surface area contributed by atoms with Gasteiger partial charge < -0.3 is 0 Å². The molecule has 0 aliphatic heterocycles. The number of nitrogens with zero attached hydrogens (tertiary/aromatic N) is 1. The van der Waals surface area contributed by atoms with Crippen LogP contribution in [0.2, 0.25) is 0 Å². The maximum Gasteiger partial charge on any atom is 0.0621 e. The van der Waals surface area contributed by atoms with Crippen LogP contribution >= 0.6 is 0 Å². The second-order valence-corrected chi connectivity index (χ2v) is 7.60. The van der Waals surface area contributed by atoms with Crippen LogP contribution in [0.1, 0.15) is 58.8 Å². The minimum absolute atomic E-state index is 0.401. The summed E-state index contributed by atoms with van der Waals surface area (Å²) in [4.78, 5) is 0. The SMILES string of the molecule is CC(C)(CCC#N)C1C2CC3CC(C2)CC1C3. The summed E-state index contributed by atoms with van der Waals surface area (Å²) in [5.74, 6) is 5.06. The maximum absolute atomic E-state index is 8.83. The first-order valence-corrected chi connectivity index (χ1v) is 7.47. The Morgan fingerprint density at radius 1 is 1.00 bits per heavy atom. The number of nitriles is 1. The van der Waals surface area contributed by atoms with Gasteiger partial charge in [-0.2, -0.15) is 5.26 Å². The van der Waals surface area contributed by atoms with Crippen molar-refractivity contribution in [2.24, 2.45) is 35.0 Å². The van der Waals surface area contributed by atoms with Crippen molar-refractivity contribution in [2.45, 2.75) is 58.8 Å². The monoisotopic (exact) mass is 231 g/mol. The van der Waals surface area contributed by atoms with E-state index in [4.69, 9.17) is 5.26 Å². The quantitative estimate of drug-likeness (QED) is 0.706. The minimum Gasteiger partial charge on any atom is -0.198 e. The van der Waals surface area contributed by atoms with Crippen LogP contribution in [0, 0.1) is 46.3 Å². The molecule has 1 nitrogen and oxygen atoms in total. The molecule has 0 aromatic heterocycles. The van der Waals surface area contributed by atoms with Crippen molar-refractivity contribution in [1.29, 1.82) is 5.26 Å². The molecule has 0 heterocycles. The highest BCUT2D eigenvalue weighted by atomic mass is 14.6. The average Bonchev–Trinajstić information content (AvgIpc) is 2.24. The van der Waals surface area contributed by atoms with Gasteiger partial charge in [-0.25, -0.2) is 0 Å². The number of hydrogen-bond acceptors (Lipinski definition) is 1. The van der Waals surface area contributed by atoms with E-state index in [1.807, 2.05) is 0 Å². The van der Waals surface area contributed by atoms with Gasteiger partial charge in [0.2, 0.25) is 0 Å². The van der Waals surface area contributed by atoms with Gasteiger partial charge in [0, 0.05) is 6.42 Å². The van der Waals surface area contributed by atoms with E-state index >= 15 is 0 Å². The fraction of sp³-hybridized carbons (Fsp3) is 0.938. The highest BCUT2D eigenvalue weighted by molar-refractivity contribution is 5.02. The standard InChI is InChI=1S/C16H25N/c1-16(2,4-3-5-17)15-13-7-11-6-12(9-13)10-14(15)8-11/h11-15H,3-4,6-10H2,1-2H3. The van der Waals surface area contributed by atoms with Crippen LogP contribution in [-0.2, 0) is 0 Å². The fourth-order valence-corrected chi connectivity index (χ4v) is 5.75. The zero-order valence-electron chi connectivity index (χ0n) is 11.3. The highest BCUT2D eigenvalue weighted by Gasteiger charge is 2.52. The van der Waals surface area contributed by atoms with E-state index in [1.165, 1.54) is 25.7 Å². The molecule has 4 saturated carbocycles. The Kier molecular flexibility index (Phi) is 2.73. The molecule has 0 spiro atoms. The van der Waals surface area contributed by atoms with Crippen LogP contribution in [0.25, 0.3) is 0 Å². The summed E-state index contributed by atoms with van der Waals surface area (Å²) in [6, 6.07) is 2.35. The van der Waals surface area contributed by atoms with E-state index in [0.29, 0.717) is 5.41 Å². The first-order valence-electron chi connectivity index (χ1n) is 7.47. The predicted molar refractivity (Wildman–Crippen MR) is 69.2 cm³/mol. The normalized spacial score (nSPS) is 43.7. The Morgan fingerprint density at radius 2 is 1.53 bits per heavy atom. The van der Waals surface area contributed by atoms with Gasteiger partial charge in [0.1, 0.15) is 0 Å². The van der Waals surface area contributed by atoms with Gasteiger partial charge in [0.25, 0.3) is 0 Å². The molecular formula is C16H25N. The Hall–Kier alpha value is -0.510. The Balaban J connectivity index is 1.77. The Labute approximate surface area is 106 Å². The lowest BCUT2D eigenvalue weighted by molar-refractivity contribution is -0.0882. The summed E-state index contributed by atoms with van der Waals surface area (Å²) >= 11 is 0. The first-order chi connectivity index (χ1) is 8.10. The average molecular weight is 231 g/mol. The van der Waals surface area contributed by atoms with Gasteiger partial charge in [-0.05, 0) is 73.5 Å². The summed E-state index contributed by atoms with van der Waals surface area (Å²) in [5, 5.41) is 8.83. The smallest absolute Gasteiger partial charge is 0.0621 e. The largest absolute Gasteiger partial charge is 0.198 e. The Bertz CT molecular complexity index is 308. The van der Waals surface area contributed by atoms with E-state index in [-0.39, 0.29) is 0 Å². The molecule has 4 fully saturated rings. The molecule has 0 radical (unpaired) electrons. The van der Waals surface area contributed by atoms with Gasteiger partial charge in [-0.1, -0.05) is 13.8 Å². The summed E-state index contributed by atoms with van der Waals surface area (Å²) in [6.45, 7) is 4.86. The molecule has 4 aliphatic carbocycles. The first kappa shape index (κ1) is 11.6. The zero-order valence-corrected chi connectivity index (χ0v) is 11.3. The lowest BCUT2D eigenvalue weighted by atomic mass is 9.47. The topological polar surface area (TPSA) is 23.8 Å². The molecule has 4 rings (SSSR count). The molecule has 0 N–H and O–H groups in total. The molecule has 17 heavy (non-hydrogen) atoms. The molecule has 0 saturated heterocycles. The third kappa shape index (κ3) is 1.90. The summed E-state index contributed by atoms with van der Waals surface area (Å²) in [7, 11) is 0. The van der Waals surface area contributed by atoms with E-state index in [2.05, 4.69) is 19.9 Å². The highest BCUT2D eigenvalue weighted by Crippen LogP contribution is 2.61. The van der Waals surface area contributed by atoms with Crippen molar-refractivity contribution in [3.63, 3.8) is 0 Å². The van der Waals surface area contributed by atoms with Gasteiger partial charge in [-0.3, -0.25) is 0 Å². The van der Waals surface area contributed by atoms with Crippen molar-refractivity contribution < 1.29 is 0 Å². The summed E-state index contributed by atoms with van der Waals surface area (Å²) in [5.41, 5.74) is 0.401. The Morgan fingerprint density at radius 3 is 2.00 bits per heavy atom. The van der Waals surface area contributed by atoms with Crippen molar-refractivity contribution in [1.82, 2.24) is 0 Å². The van der Waals surface area contributed by atoms with Crippen LogP contribution in [-0.4, -0.2) is 0 Å². The van der Waals surface area contributed by atoms with E-state index < -0.39 is 0 Å². The summed E-state index contributed by atoms with van der Waals surface area (Å²) < 4.78 is 0. The molecule has 4 bridgehead atoms. The van der Waals surface area contributed by atoms with Crippen LogP contribution in [0.5, 0.6) is 0 Å². The second-order valence-electron chi connectivity index (χ2n) is 7.60. The van der Waals surface area contributed by atoms with E-state index in [9.17, 15) is 0 Å². The van der Waals surface area contributed by atoms with Gasteiger partial charge >= 0.3 is 0 Å². The molecule has 1 heteroatoms. The van der Waals surface area contributed by atoms with Gasteiger partial charge in [-0.15, -0.1) is 0 Å². The van der Waals surface area contributed by atoms with E-state index in [1.54, 1.807) is 6.42 Å². The zero-order chi connectivity index (χ0) is 12.0. The van der Waals surface area contributed by atoms with Crippen LogP contribution in [0.3, 0.4) is 0 Å². The van der Waals surface area contributed by atoms with Crippen molar-refractivity contribution >= 4 is 0 Å².